The lowest BCUT2D eigenvalue weighted by Crippen LogP contribution is -1.77. The van der Waals surface area contributed by atoms with Crippen molar-refractivity contribution in [1.82, 2.24) is 0 Å². The van der Waals surface area contributed by atoms with E-state index >= 15 is 0 Å². The molecule has 0 aliphatic rings. The van der Waals surface area contributed by atoms with Crippen LogP contribution in [0.3, 0.4) is 0 Å². The van der Waals surface area contributed by atoms with Crippen molar-refractivity contribution in [2.24, 2.45) is 0 Å². The average Bonchev–Trinajstić information content (AvgIpc) is 2.49. The van der Waals surface area contributed by atoms with Crippen LogP contribution >= 0.6 is 15.9 Å². The topological polar surface area (TPSA) is 26.3 Å². The minimum Gasteiger partial charge on any atom is -0.453 e. The molecular weight excluding hydrogens is 328 g/mol. The molecule has 0 amide bonds. The van der Waals surface area contributed by atoms with Crippen LogP contribution in [0, 0.1) is 0 Å². The Morgan fingerprint density at radius 2 is 1.14 bits per heavy atom. The molecule has 0 aliphatic carbocycles. The normalized spacial score (nSPS) is 11.1. The maximum Gasteiger partial charge on any atom is 0.171 e. The predicted octanol–water partition coefficient (Wildman–Crippen LogP) is 6.22. The Balaban J connectivity index is 2.35. The van der Waals surface area contributed by atoms with Gasteiger partial charge in [-0.1, -0.05) is 52.3 Å². The highest BCUT2D eigenvalue weighted by Gasteiger charge is 2.04. The summed E-state index contributed by atoms with van der Waals surface area (Å²) in [4.78, 5) is 0. The summed E-state index contributed by atoms with van der Waals surface area (Å²) < 4.78 is 13.1. The molecule has 0 spiro atoms. The minimum atomic E-state index is 0.700. The molecule has 0 N–H and O–H groups in total. The third kappa shape index (κ3) is 2.20. The molecular formula is C18H11BrO2. The molecule has 0 unspecified atom stereocenters. The van der Waals surface area contributed by atoms with Crippen LogP contribution in [-0.2, 0) is 0 Å². The number of rotatable bonds is 0. The molecule has 0 bridgehead atoms. The van der Waals surface area contributed by atoms with Gasteiger partial charge in [0.1, 0.15) is 11.2 Å². The molecule has 0 fully saturated rings. The molecule has 102 valence electrons. The lowest BCUT2D eigenvalue weighted by Gasteiger charge is -2.03. The van der Waals surface area contributed by atoms with E-state index < -0.39 is 0 Å². The zero-order chi connectivity index (χ0) is 14.2. The Morgan fingerprint density at radius 1 is 0.571 bits per heavy atom. The largest absolute Gasteiger partial charge is 0.453 e. The number of para-hydroxylation sites is 2. The predicted molar refractivity (Wildman–Crippen MR) is 88.8 cm³/mol. The van der Waals surface area contributed by atoms with Gasteiger partial charge in [0, 0.05) is 15.2 Å². The summed E-state index contributed by atoms with van der Waals surface area (Å²) in [5.74, 6) is 0. The Morgan fingerprint density at radius 3 is 1.81 bits per heavy atom. The molecule has 4 rings (SSSR count). The highest BCUT2D eigenvalue weighted by Crippen LogP contribution is 2.27. The van der Waals surface area contributed by atoms with Crippen molar-refractivity contribution in [3.8, 4) is 0 Å². The van der Waals surface area contributed by atoms with Crippen molar-refractivity contribution >= 4 is 49.0 Å². The van der Waals surface area contributed by atoms with Crippen LogP contribution in [0.15, 0.2) is 80.0 Å². The van der Waals surface area contributed by atoms with E-state index in [1.54, 1.807) is 0 Å². The fraction of sp³-hybridized carbons (Fsp3) is 0. The smallest absolute Gasteiger partial charge is 0.171 e. The van der Waals surface area contributed by atoms with Gasteiger partial charge in [0.05, 0.1) is 0 Å². The SMILES string of the molecule is Brc1ccc2oc3ccccc3c3ccccc3oc2c1. The van der Waals surface area contributed by atoms with Crippen molar-refractivity contribution in [2.75, 3.05) is 0 Å². The maximum absolute atomic E-state index is 6.07. The second-order valence-electron chi connectivity index (χ2n) is 4.79. The lowest BCUT2D eigenvalue weighted by molar-refractivity contribution is 0.618. The maximum atomic E-state index is 6.07. The Labute approximate surface area is 129 Å². The number of hydrogen-bond donors (Lipinski definition) is 0. The van der Waals surface area contributed by atoms with Crippen molar-refractivity contribution in [1.29, 1.82) is 0 Å². The van der Waals surface area contributed by atoms with Crippen LogP contribution in [0.4, 0.5) is 0 Å². The van der Waals surface area contributed by atoms with E-state index in [1.165, 1.54) is 0 Å². The van der Waals surface area contributed by atoms with E-state index in [1.807, 2.05) is 66.7 Å². The van der Waals surface area contributed by atoms with Crippen LogP contribution < -0.4 is 0 Å². The average molecular weight is 339 g/mol. The molecule has 4 aromatic rings. The first-order valence-corrected chi connectivity index (χ1v) is 7.44. The van der Waals surface area contributed by atoms with Gasteiger partial charge in [-0.2, -0.15) is 0 Å². The first-order chi connectivity index (χ1) is 10.3. The van der Waals surface area contributed by atoms with Gasteiger partial charge in [-0.05, 0) is 30.3 Å². The molecule has 21 heavy (non-hydrogen) atoms. The molecule has 0 saturated carbocycles. The van der Waals surface area contributed by atoms with Gasteiger partial charge in [0.25, 0.3) is 0 Å². The van der Waals surface area contributed by atoms with Gasteiger partial charge in [-0.15, -0.1) is 0 Å². The summed E-state index contributed by atoms with van der Waals surface area (Å²) in [5, 5.41) is 2.06. The van der Waals surface area contributed by atoms with Crippen LogP contribution in [0.2, 0.25) is 0 Å². The summed E-state index contributed by atoms with van der Waals surface area (Å²) in [6.07, 6.45) is 0. The van der Waals surface area contributed by atoms with Crippen LogP contribution in [0.25, 0.3) is 33.1 Å². The van der Waals surface area contributed by atoms with Gasteiger partial charge in [0.2, 0.25) is 0 Å². The molecule has 0 atom stereocenters. The zero-order valence-corrected chi connectivity index (χ0v) is 12.6. The van der Waals surface area contributed by atoms with E-state index in [2.05, 4.69) is 15.9 Å². The van der Waals surface area contributed by atoms with E-state index in [4.69, 9.17) is 8.83 Å². The standard InChI is InChI=1S/C18H11BrO2/c19-12-9-10-17-18(11-12)21-16-8-4-2-6-14(16)13-5-1-3-7-15(13)20-17/h1-11H. The molecule has 1 aromatic heterocycles. The van der Waals surface area contributed by atoms with Gasteiger partial charge < -0.3 is 8.83 Å². The van der Waals surface area contributed by atoms with Crippen LogP contribution in [0.5, 0.6) is 0 Å². The minimum absolute atomic E-state index is 0.700. The molecule has 0 aliphatic heterocycles. The van der Waals surface area contributed by atoms with Gasteiger partial charge in [-0.25, -0.2) is 0 Å². The monoisotopic (exact) mass is 338 g/mol. The highest BCUT2D eigenvalue weighted by molar-refractivity contribution is 9.10. The van der Waals surface area contributed by atoms with Gasteiger partial charge >= 0.3 is 0 Å². The van der Waals surface area contributed by atoms with E-state index in [0.717, 1.165) is 26.4 Å². The van der Waals surface area contributed by atoms with Gasteiger partial charge in [-0.3, -0.25) is 0 Å². The number of fused-ring (bicyclic) bond motifs is 4. The van der Waals surface area contributed by atoms with Crippen molar-refractivity contribution in [2.45, 2.75) is 0 Å². The Kier molecular flexibility index (Phi) is 2.93. The van der Waals surface area contributed by atoms with Crippen LogP contribution in [-0.4, -0.2) is 0 Å². The molecule has 2 nitrogen and oxygen atoms in total. The molecule has 3 heteroatoms. The number of hydrogen-bond acceptors (Lipinski definition) is 2. The summed E-state index contributed by atoms with van der Waals surface area (Å²) in [6.45, 7) is 0. The van der Waals surface area contributed by atoms with E-state index in [9.17, 15) is 0 Å². The van der Waals surface area contributed by atoms with Crippen molar-refractivity contribution in [3.63, 3.8) is 0 Å². The molecule has 3 aromatic carbocycles. The molecule has 0 saturated heterocycles. The highest BCUT2D eigenvalue weighted by atomic mass is 79.9. The lowest BCUT2D eigenvalue weighted by atomic mass is 10.1. The third-order valence-electron chi connectivity index (χ3n) is 3.41. The van der Waals surface area contributed by atoms with E-state index in [0.29, 0.717) is 11.2 Å². The third-order valence-corrected chi connectivity index (χ3v) is 3.90. The summed E-state index contributed by atoms with van der Waals surface area (Å²) in [7, 11) is 0. The fourth-order valence-corrected chi connectivity index (χ4v) is 2.78. The van der Waals surface area contributed by atoms with Crippen molar-refractivity contribution < 1.29 is 8.83 Å². The first-order valence-electron chi connectivity index (χ1n) is 6.65. The quantitative estimate of drug-likeness (QED) is 0.380. The summed E-state index contributed by atoms with van der Waals surface area (Å²) in [6, 6.07) is 21.8. The van der Waals surface area contributed by atoms with Crippen molar-refractivity contribution in [3.05, 3.63) is 71.2 Å². The fourth-order valence-electron chi connectivity index (χ4n) is 2.44. The summed E-state index contributed by atoms with van der Waals surface area (Å²) >= 11 is 3.47. The van der Waals surface area contributed by atoms with Gasteiger partial charge in [0.15, 0.2) is 11.2 Å². The first kappa shape index (κ1) is 12.5. The van der Waals surface area contributed by atoms with E-state index in [-0.39, 0.29) is 0 Å². The molecule has 1 heterocycles. The second kappa shape index (κ2) is 4.93. The van der Waals surface area contributed by atoms with Crippen LogP contribution in [0.1, 0.15) is 0 Å². The zero-order valence-electron chi connectivity index (χ0n) is 11.0. The second-order valence-corrected chi connectivity index (χ2v) is 5.70. The Bertz CT molecular complexity index is 1010. The Hall–Kier alpha value is -2.26. The number of benzene rings is 3. The number of halogens is 1. The molecule has 0 radical (unpaired) electrons. The summed E-state index contributed by atoms with van der Waals surface area (Å²) in [5.41, 5.74) is 3.07.